The number of ketones is 1. The van der Waals surface area contributed by atoms with Gasteiger partial charge < -0.3 is 20.6 Å². The first-order valence-electron chi connectivity index (χ1n) is 13.1. The number of benzene rings is 2. The van der Waals surface area contributed by atoms with E-state index >= 15 is 0 Å². The van der Waals surface area contributed by atoms with Gasteiger partial charge in [-0.2, -0.15) is 0 Å². The number of nitrogens with one attached hydrogen (secondary N) is 1. The number of para-hydroxylation sites is 2. The monoisotopic (exact) mass is 519 g/mol. The molecule has 0 spiro atoms. The number of primary amides is 1. The van der Waals surface area contributed by atoms with Crippen LogP contribution >= 0.6 is 0 Å². The van der Waals surface area contributed by atoms with Crippen LogP contribution in [0.4, 0.5) is 0 Å². The first-order chi connectivity index (χ1) is 18.3. The molecular weight excluding hydrogens is 486 g/mol. The predicted molar refractivity (Wildman–Crippen MR) is 140 cm³/mol. The van der Waals surface area contributed by atoms with E-state index in [4.69, 9.17) is 10.2 Å². The lowest BCUT2D eigenvalue weighted by Crippen LogP contribution is -2.49. The molecule has 4 N–H and O–H groups in total. The predicted octanol–water partition coefficient (Wildman–Crippen LogP) is 3.90. The summed E-state index contributed by atoms with van der Waals surface area (Å²) in [5.74, 6) is -6.62. The minimum atomic E-state index is -1.69. The van der Waals surface area contributed by atoms with E-state index in [0.717, 1.165) is 37.7 Å². The molecule has 9 nitrogen and oxygen atoms in total. The van der Waals surface area contributed by atoms with Crippen LogP contribution in [0, 0.1) is 17.8 Å². The molecule has 2 amide bonds. The van der Waals surface area contributed by atoms with Gasteiger partial charge >= 0.3 is 5.97 Å². The van der Waals surface area contributed by atoms with Crippen molar-refractivity contribution in [3.8, 4) is 0 Å². The Hall–Kier alpha value is -4.01. The molecule has 3 atom stereocenters. The molecule has 2 aromatic carbocycles. The van der Waals surface area contributed by atoms with Crippen molar-refractivity contribution in [2.75, 3.05) is 0 Å². The standard InChI is InChI=1S/C29H33N3O6/c30-26(34)24(29(36)37)20(17-19-11-5-2-6-12-19)27(35)31-22(16-15-18-9-3-1-4-10-18)25(33)28-32-21-13-7-8-14-23(21)38-28/h1,3-4,7-10,13-14,19-20,22,24H,2,5-6,11-12,15-17H2,(H2,30,34)(H,31,35)(H,36,37)/t20-,22-,24?/m0/s1. The number of hydrogen-bond acceptors (Lipinski definition) is 6. The molecule has 1 aromatic heterocycles. The summed E-state index contributed by atoms with van der Waals surface area (Å²) >= 11 is 0. The smallest absolute Gasteiger partial charge is 0.316 e. The van der Waals surface area contributed by atoms with E-state index in [1.165, 1.54) is 0 Å². The summed E-state index contributed by atoms with van der Waals surface area (Å²) in [6.45, 7) is 0. The summed E-state index contributed by atoms with van der Waals surface area (Å²) < 4.78 is 5.67. The molecule has 0 aliphatic heterocycles. The zero-order chi connectivity index (χ0) is 27.1. The highest BCUT2D eigenvalue weighted by molar-refractivity contribution is 6.03. The molecular formula is C29H33N3O6. The van der Waals surface area contributed by atoms with Crippen LogP contribution in [0.15, 0.2) is 59.0 Å². The van der Waals surface area contributed by atoms with Crippen LogP contribution < -0.4 is 11.1 Å². The number of carbonyl (C=O) groups is 4. The number of aryl methyl sites for hydroxylation is 1. The van der Waals surface area contributed by atoms with Gasteiger partial charge in [-0.25, -0.2) is 4.98 Å². The number of carboxylic acids is 1. The number of fused-ring (bicyclic) bond motifs is 1. The second kappa shape index (κ2) is 12.5. The SMILES string of the molecule is NC(=O)C(C(=O)O)[C@H](CC1CCCCC1)C(=O)N[C@@H](CCc1ccccc1)C(=O)c1nc2ccccc2o1. The summed E-state index contributed by atoms with van der Waals surface area (Å²) in [6.07, 6.45) is 5.70. The maximum absolute atomic E-state index is 13.6. The van der Waals surface area contributed by atoms with Gasteiger partial charge in [0.15, 0.2) is 5.58 Å². The Balaban J connectivity index is 1.60. The molecule has 0 saturated heterocycles. The van der Waals surface area contributed by atoms with E-state index in [-0.39, 0.29) is 24.7 Å². The van der Waals surface area contributed by atoms with Gasteiger partial charge in [0.05, 0.1) is 12.0 Å². The molecule has 0 bridgehead atoms. The number of carboxylic acid groups (broad SMARTS) is 1. The Labute approximate surface area is 220 Å². The average Bonchev–Trinajstić information content (AvgIpc) is 3.35. The van der Waals surface area contributed by atoms with Crippen molar-refractivity contribution in [1.82, 2.24) is 10.3 Å². The summed E-state index contributed by atoms with van der Waals surface area (Å²) in [4.78, 5) is 55.6. The summed E-state index contributed by atoms with van der Waals surface area (Å²) in [5.41, 5.74) is 7.37. The number of nitrogens with zero attached hydrogens (tertiary/aromatic N) is 1. The number of aromatic nitrogens is 1. The number of amides is 2. The van der Waals surface area contributed by atoms with Crippen molar-refractivity contribution in [2.24, 2.45) is 23.5 Å². The summed E-state index contributed by atoms with van der Waals surface area (Å²) in [5, 5.41) is 12.5. The van der Waals surface area contributed by atoms with Gasteiger partial charge in [-0.15, -0.1) is 0 Å². The number of rotatable bonds is 12. The normalized spacial score (nSPS) is 16.4. The first kappa shape index (κ1) is 27.0. The van der Waals surface area contributed by atoms with E-state index in [2.05, 4.69) is 10.3 Å². The van der Waals surface area contributed by atoms with Crippen LogP contribution in [0.5, 0.6) is 0 Å². The average molecular weight is 520 g/mol. The topological polar surface area (TPSA) is 153 Å². The van der Waals surface area contributed by atoms with E-state index in [9.17, 15) is 24.3 Å². The van der Waals surface area contributed by atoms with Crippen LogP contribution in [0.25, 0.3) is 11.1 Å². The molecule has 1 unspecified atom stereocenters. The lowest BCUT2D eigenvalue weighted by Gasteiger charge is -2.29. The number of nitrogens with two attached hydrogens (primary N) is 1. The number of aliphatic carboxylic acids is 1. The number of oxazole rings is 1. The fourth-order valence-electron chi connectivity index (χ4n) is 5.30. The second-order valence-corrected chi connectivity index (χ2v) is 10.0. The zero-order valence-corrected chi connectivity index (χ0v) is 21.2. The van der Waals surface area contributed by atoms with Crippen molar-refractivity contribution in [3.05, 3.63) is 66.1 Å². The molecule has 9 heteroatoms. The Kier molecular flexibility index (Phi) is 8.89. The lowest BCUT2D eigenvalue weighted by molar-refractivity contribution is -0.152. The fraction of sp³-hybridized carbons (Fsp3) is 0.414. The summed E-state index contributed by atoms with van der Waals surface area (Å²) in [7, 11) is 0. The van der Waals surface area contributed by atoms with Crippen molar-refractivity contribution >= 4 is 34.7 Å². The Morgan fingerprint density at radius 3 is 2.34 bits per heavy atom. The van der Waals surface area contributed by atoms with Gasteiger partial charge in [-0.05, 0) is 42.9 Å². The highest BCUT2D eigenvalue weighted by atomic mass is 16.4. The lowest BCUT2D eigenvalue weighted by atomic mass is 9.77. The molecule has 1 fully saturated rings. The highest BCUT2D eigenvalue weighted by Gasteiger charge is 2.41. The molecule has 200 valence electrons. The van der Waals surface area contributed by atoms with Gasteiger partial charge in [0.1, 0.15) is 11.4 Å². The first-order valence-corrected chi connectivity index (χ1v) is 13.1. The van der Waals surface area contributed by atoms with Crippen LogP contribution in [0.3, 0.4) is 0 Å². The Morgan fingerprint density at radius 2 is 1.68 bits per heavy atom. The van der Waals surface area contributed by atoms with Crippen LogP contribution in [-0.4, -0.2) is 39.7 Å². The van der Waals surface area contributed by atoms with Gasteiger partial charge in [0.2, 0.25) is 17.6 Å². The molecule has 1 aliphatic carbocycles. The minimum Gasteiger partial charge on any atom is -0.481 e. The summed E-state index contributed by atoms with van der Waals surface area (Å²) in [6, 6.07) is 15.4. The van der Waals surface area contributed by atoms with Crippen LogP contribution in [-0.2, 0) is 20.8 Å². The fourth-order valence-corrected chi connectivity index (χ4v) is 5.30. The third-order valence-electron chi connectivity index (χ3n) is 7.33. The Morgan fingerprint density at radius 1 is 1.00 bits per heavy atom. The zero-order valence-electron chi connectivity index (χ0n) is 21.2. The van der Waals surface area contributed by atoms with E-state index < -0.39 is 41.4 Å². The van der Waals surface area contributed by atoms with Gasteiger partial charge in [-0.3, -0.25) is 19.2 Å². The molecule has 1 heterocycles. The second-order valence-electron chi connectivity index (χ2n) is 10.0. The molecule has 38 heavy (non-hydrogen) atoms. The van der Waals surface area contributed by atoms with Crippen LogP contribution in [0.2, 0.25) is 0 Å². The maximum Gasteiger partial charge on any atom is 0.316 e. The number of Topliss-reactive ketones (excluding diaryl/α,β-unsaturated/α-hetero) is 1. The minimum absolute atomic E-state index is 0.108. The number of carbonyl (C=O) groups excluding carboxylic acids is 3. The number of hydrogen-bond donors (Lipinski definition) is 3. The maximum atomic E-state index is 13.6. The van der Waals surface area contributed by atoms with Crippen molar-refractivity contribution in [3.63, 3.8) is 0 Å². The van der Waals surface area contributed by atoms with Gasteiger partial charge in [-0.1, -0.05) is 74.6 Å². The van der Waals surface area contributed by atoms with E-state index in [1.54, 1.807) is 24.3 Å². The molecule has 4 rings (SSSR count). The molecule has 0 radical (unpaired) electrons. The third-order valence-corrected chi connectivity index (χ3v) is 7.33. The molecule has 3 aromatic rings. The van der Waals surface area contributed by atoms with E-state index in [1.807, 2.05) is 30.3 Å². The van der Waals surface area contributed by atoms with Gasteiger partial charge in [0.25, 0.3) is 5.89 Å². The van der Waals surface area contributed by atoms with Crippen molar-refractivity contribution < 1.29 is 28.7 Å². The third kappa shape index (κ3) is 6.65. The molecule has 1 saturated carbocycles. The van der Waals surface area contributed by atoms with Gasteiger partial charge in [0, 0.05) is 0 Å². The largest absolute Gasteiger partial charge is 0.481 e. The highest BCUT2D eigenvalue weighted by Crippen LogP contribution is 2.32. The van der Waals surface area contributed by atoms with E-state index in [0.29, 0.717) is 17.5 Å². The van der Waals surface area contributed by atoms with Crippen molar-refractivity contribution in [2.45, 2.75) is 57.4 Å². The van der Waals surface area contributed by atoms with Crippen LogP contribution in [0.1, 0.15) is 61.2 Å². The Bertz CT molecular complexity index is 1230. The molecule has 1 aliphatic rings. The quantitative estimate of drug-likeness (QED) is 0.242. The van der Waals surface area contributed by atoms with Crippen molar-refractivity contribution in [1.29, 1.82) is 0 Å².